The second kappa shape index (κ2) is 5.84. The van der Waals surface area contributed by atoms with E-state index in [1.807, 2.05) is 6.07 Å². The molecule has 2 aromatic carbocycles. The molecule has 0 aromatic heterocycles. The topological polar surface area (TPSA) is 57.7 Å². The predicted octanol–water partition coefficient (Wildman–Crippen LogP) is 2.43. The minimum Gasteiger partial charge on any atom is -0.314 e. The van der Waals surface area contributed by atoms with Gasteiger partial charge in [0.1, 0.15) is 5.82 Å². The number of sulfone groups is 1. The third kappa shape index (κ3) is 2.78. The highest BCUT2D eigenvalue weighted by Gasteiger charge is 2.53. The Balaban J connectivity index is 1.72. The van der Waals surface area contributed by atoms with E-state index in [9.17, 15) is 17.6 Å². The lowest BCUT2D eigenvalue weighted by Crippen LogP contribution is -2.37. The number of benzene rings is 2. The van der Waals surface area contributed by atoms with Crippen LogP contribution in [0.4, 0.5) is 14.9 Å². The van der Waals surface area contributed by atoms with Crippen molar-refractivity contribution in [1.82, 2.24) is 4.90 Å². The summed E-state index contributed by atoms with van der Waals surface area (Å²) in [5.74, 6) is -0.543. The molecule has 0 N–H and O–H groups in total. The maximum absolute atomic E-state index is 14.0. The Morgan fingerprint density at radius 2 is 1.60 bits per heavy atom. The highest BCUT2D eigenvalue weighted by atomic mass is 32.2. The number of hydrogen-bond donors (Lipinski definition) is 0. The fourth-order valence-electron chi connectivity index (χ4n) is 3.66. The number of carbonyl (C=O) groups is 1. The van der Waals surface area contributed by atoms with Crippen LogP contribution in [0, 0.1) is 5.82 Å². The minimum atomic E-state index is -3.23. The van der Waals surface area contributed by atoms with Crippen LogP contribution in [0.5, 0.6) is 0 Å². The molecule has 5 nitrogen and oxygen atoms in total. The van der Waals surface area contributed by atoms with Crippen molar-refractivity contribution in [2.75, 3.05) is 16.4 Å². The third-order valence-electron chi connectivity index (χ3n) is 4.81. The van der Waals surface area contributed by atoms with Crippen molar-refractivity contribution in [3.63, 3.8) is 0 Å². The summed E-state index contributed by atoms with van der Waals surface area (Å²) in [6.45, 7) is 0.0610. The van der Waals surface area contributed by atoms with Crippen molar-refractivity contribution in [3.8, 4) is 0 Å². The van der Waals surface area contributed by atoms with Crippen molar-refractivity contribution in [1.29, 1.82) is 0 Å². The van der Waals surface area contributed by atoms with Gasteiger partial charge in [-0.25, -0.2) is 17.6 Å². The maximum Gasteiger partial charge on any atom is 0.325 e. The standard InChI is InChI=1S/C18H17FN2O3S/c19-15-9-5-4-6-13(15)10-20-16-11-25(23,24)12-17(16)21(18(20)22)14-7-2-1-3-8-14/h1-9,16-17H,10-12H2/t16-,17+/m1/s1. The molecule has 4 rings (SSSR count). The summed E-state index contributed by atoms with van der Waals surface area (Å²) in [5.41, 5.74) is 1.05. The zero-order valence-electron chi connectivity index (χ0n) is 13.4. The van der Waals surface area contributed by atoms with E-state index in [-0.39, 0.29) is 24.1 Å². The molecule has 2 amide bonds. The van der Waals surface area contributed by atoms with E-state index in [0.717, 1.165) is 0 Å². The van der Waals surface area contributed by atoms with Crippen LogP contribution in [0.15, 0.2) is 54.6 Å². The van der Waals surface area contributed by atoms with Gasteiger partial charge >= 0.3 is 6.03 Å². The van der Waals surface area contributed by atoms with Crippen LogP contribution < -0.4 is 4.90 Å². The molecule has 2 saturated heterocycles. The van der Waals surface area contributed by atoms with Gasteiger partial charge in [0.05, 0.1) is 30.1 Å². The lowest BCUT2D eigenvalue weighted by atomic mass is 10.1. The van der Waals surface area contributed by atoms with E-state index in [0.29, 0.717) is 11.3 Å². The predicted molar refractivity (Wildman–Crippen MR) is 92.5 cm³/mol. The van der Waals surface area contributed by atoms with Crippen LogP contribution in [0.3, 0.4) is 0 Å². The van der Waals surface area contributed by atoms with Gasteiger partial charge in [0.2, 0.25) is 0 Å². The molecule has 0 bridgehead atoms. The number of rotatable bonds is 3. The Hall–Kier alpha value is -2.41. The Morgan fingerprint density at radius 1 is 0.960 bits per heavy atom. The smallest absolute Gasteiger partial charge is 0.314 e. The zero-order valence-corrected chi connectivity index (χ0v) is 14.2. The molecule has 2 aliphatic heterocycles. The first kappa shape index (κ1) is 16.1. The van der Waals surface area contributed by atoms with Crippen LogP contribution >= 0.6 is 0 Å². The van der Waals surface area contributed by atoms with Gasteiger partial charge in [-0.2, -0.15) is 0 Å². The average Bonchev–Trinajstić information content (AvgIpc) is 3.01. The Bertz CT molecular complexity index is 917. The summed E-state index contributed by atoms with van der Waals surface area (Å²) < 4.78 is 38.3. The number of fused-ring (bicyclic) bond motifs is 1. The van der Waals surface area contributed by atoms with Gasteiger partial charge in [-0.05, 0) is 18.2 Å². The summed E-state index contributed by atoms with van der Waals surface area (Å²) in [5, 5.41) is 0. The number of hydrogen-bond acceptors (Lipinski definition) is 3. The average molecular weight is 360 g/mol. The van der Waals surface area contributed by atoms with Crippen molar-refractivity contribution in [2.45, 2.75) is 18.6 Å². The van der Waals surface area contributed by atoms with Crippen molar-refractivity contribution >= 4 is 21.6 Å². The minimum absolute atomic E-state index is 0.0610. The molecule has 0 saturated carbocycles. The molecule has 0 unspecified atom stereocenters. The lowest BCUT2D eigenvalue weighted by Gasteiger charge is -2.22. The molecule has 2 aliphatic rings. The Labute approximate surface area is 145 Å². The molecule has 7 heteroatoms. The zero-order chi connectivity index (χ0) is 17.6. The van der Waals surface area contributed by atoms with Gasteiger partial charge in [0.15, 0.2) is 9.84 Å². The summed E-state index contributed by atoms with van der Waals surface area (Å²) in [7, 11) is -3.23. The number of anilines is 1. The summed E-state index contributed by atoms with van der Waals surface area (Å²) in [6, 6.07) is 14.1. The van der Waals surface area contributed by atoms with Gasteiger partial charge in [-0.15, -0.1) is 0 Å². The molecule has 130 valence electrons. The number of nitrogens with zero attached hydrogens (tertiary/aromatic N) is 2. The summed E-state index contributed by atoms with van der Waals surface area (Å²) in [6.07, 6.45) is 0. The fourth-order valence-corrected chi connectivity index (χ4v) is 5.61. The second-order valence-electron chi connectivity index (χ2n) is 6.42. The number of halogens is 1. The number of carbonyl (C=O) groups excluding carboxylic acids is 1. The second-order valence-corrected chi connectivity index (χ2v) is 8.57. The first-order valence-electron chi connectivity index (χ1n) is 8.05. The number of para-hydroxylation sites is 1. The largest absolute Gasteiger partial charge is 0.325 e. The first-order chi connectivity index (χ1) is 12.0. The van der Waals surface area contributed by atoms with E-state index in [4.69, 9.17) is 0 Å². The molecular weight excluding hydrogens is 343 g/mol. The molecule has 2 aromatic rings. The molecule has 0 aliphatic carbocycles. The van der Waals surface area contributed by atoms with Crippen molar-refractivity contribution in [2.24, 2.45) is 0 Å². The van der Waals surface area contributed by atoms with Gasteiger partial charge < -0.3 is 4.90 Å². The highest BCUT2D eigenvalue weighted by Crippen LogP contribution is 2.35. The van der Waals surface area contributed by atoms with E-state index in [1.54, 1.807) is 42.5 Å². The van der Waals surface area contributed by atoms with Crippen LogP contribution in [0.2, 0.25) is 0 Å². The molecule has 0 spiro atoms. The fraction of sp³-hybridized carbons (Fsp3) is 0.278. The molecule has 0 radical (unpaired) electrons. The van der Waals surface area contributed by atoms with E-state index in [2.05, 4.69) is 0 Å². The lowest BCUT2D eigenvalue weighted by molar-refractivity contribution is 0.205. The van der Waals surface area contributed by atoms with Crippen LogP contribution in [0.1, 0.15) is 5.56 Å². The summed E-state index contributed by atoms with van der Waals surface area (Å²) in [4.78, 5) is 16.0. The highest BCUT2D eigenvalue weighted by molar-refractivity contribution is 7.91. The van der Waals surface area contributed by atoms with Crippen molar-refractivity contribution in [3.05, 3.63) is 66.0 Å². The quantitative estimate of drug-likeness (QED) is 0.790. The third-order valence-corrected chi connectivity index (χ3v) is 6.51. The first-order valence-corrected chi connectivity index (χ1v) is 9.87. The van der Waals surface area contributed by atoms with Gasteiger partial charge in [0.25, 0.3) is 0 Å². The van der Waals surface area contributed by atoms with Gasteiger partial charge in [0, 0.05) is 11.3 Å². The number of amides is 2. The molecule has 25 heavy (non-hydrogen) atoms. The van der Waals surface area contributed by atoms with Gasteiger partial charge in [-0.1, -0.05) is 36.4 Å². The van der Waals surface area contributed by atoms with Gasteiger partial charge in [-0.3, -0.25) is 4.90 Å². The van der Waals surface area contributed by atoms with E-state index < -0.39 is 27.7 Å². The SMILES string of the molecule is O=C1N(Cc2ccccc2F)[C@@H]2CS(=O)(=O)C[C@@H]2N1c1ccccc1. The van der Waals surface area contributed by atoms with Crippen LogP contribution in [0.25, 0.3) is 0 Å². The van der Waals surface area contributed by atoms with E-state index >= 15 is 0 Å². The Morgan fingerprint density at radius 3 is 2.32 bits per heavy atom. The Kier molecular flexibility index (Phi) is 3.76. The monoisotopic (exact) mass is 360 g/mol. The van der Waals surface area contributed by atoms with Crippen LogP contribution in [-0.2, 0) is 16.4 Å². The van der Waals surface area contributed by atoms with Crippen LogP contribution in [-0.4, -0.2) is 42.9 Å². The normalized spacial score (nSPS) is 24.6. The molecule has 2 heterocycles. The maximum atomic E-state index is 14.0. The van der Waals surface area contributed by atoms with Crippen molar-refractivity contribution < 1.29 is 17.6 Å². The van der Waals surface area contributed by atoms with E-state index in [1.165, 1.54) is 15.9 Å². The molecular formula is C18H17FN2O3S. The molecule has 2 fully saturated rings. The number of urea groups is 1. The summed E-state index contributed by atoms with van der Waals surface area (Å²) >= 11 is 0. The molecule has 2 atom stereocenters.